The lowest BCUT2D eigenvalue weighted by molar-refractivity contribution is -0.132. The van der Waals surface area contributed by atoms with Crippen LogP contribution in [0.25, 0.3) is 10.1 Å². The number of ether oxygens (including phenoxy) is 2. The number of halogens is 4. The standard InChI is InChI=1S/C34H38F4N6O3S/c1-42(2)22-32(45)44-12-8-23(9-13-44)41-27-6-3-5-24-25(21-34(36,37)38)31(48-33(24)27)7-4-11-40-28-19-26(35)29(20-30(28)47-16-10-39)43-14-17-46-18-15-43/h3,5-6,19-20,23,40-41H,8-9,11-18,21-22H2,1-2H3. The monoisotopic (exact) mass is 686 g/mol. The third-order valence-electron chi connectivity index (χ3n) is 8.12. The van der Waals surface area contributed by atoms with Gasteiger partial charge in [0.25, 0.3) is 0 Å². The minimum Gasteiger partial charge on any atom is -0.477 e. The maximum Gasteiger partial charge on any atom is 0.393 e. The highest BCUT2D eigenvalue weighted by atomic mass is 32.1. The number of nitriles is 1. The molecule has 2 fully saturated rings. The molecule has 2 aliphatic rings. The van der Waals surface area contributed by atoms with Crippen molar-refractivity contribution in [2.45, 2.75) is 31.5 Å². The first-order valence-corrected chi connectivity index (χ1v) is 16.5. The molecule has 0 bridgehead atoms. The molecule has 1 aromatic heterocycles. The highest BCUT2D eigenvalue weighted by molar-refractivity contribution is 7.20. The van der Waals surface area contributed by atoms with Crippen molar-refractivity contribution in [1.82, 2.24) is 9.80 Å². The lowest BCUT2D eigenvalue weighted by atomic mass is 10.0. The zero-order valence-electron chi connectivity index (χ0n) is 26.9. The number of carbonyl (C=O) groups excluding carboxylic acids is 1. The van der Waals surface area contributed by atoms with Gasteiger partial charge in [-0.15, -0.1) is 11.3 Å². The number of benzene rings is 2. The van der Waals surface area contributed by atoms with Crippen LogP contribution in [0.3, 0.4) is 0 Å². The molecule has 2 aliphatic heterocycles. The number of hydrogen-bond donors (Lipinski definition) is 2. The van der Waals surface area contributed by atoms with Crippen molar-refractivity contribution in [3.05, 3.63) is 46.6 Å². The molecule has 2 N–H and O–H groups in total. The van der Waals surface area contributed by atoms with Crippen LogP contribution in [-0.2, 0) is 16.0 Å². The van der Waals surface area contributed by atoms with E-state index in [1.54, 1.807) is 12.1 Å². The van der Waals surface area contributed by atoms with Crippen molar-refractivity contribution in [3.63, 3.8) is 0 Å². The first kappa shape index (κ1) is 35.1. The molecule has 0 radical (unpaired) electrons. The summed E-state index contributed by atoms with van der Waals surface area (Å²) in [6.07, 6.45) is -4.11. The van der Waals surface area contributed by atoms with Gasteiger partial charge >= 0.3 is 6.18 Å². The number of likely N-dealkylation sites (N-methyl/N-ethyl adjacent to an activating group) is 1. The van der Waals surface area contributed by atoms with E-state index in [4.69, 9.17) is 14.7 Å². The number of hydrogen-bond acceptors (Lipinski definition) is 9. The number of piperidine rings is 1. The van der Waals surface area contributed by atoms with Crippen LogP contribution in [-0.4, -0.2) is 101 Å². The van der Waals surface area contributed by atoms with Gasteiger partial charge in [0.05, 0.1) is 59.4 Å². The number of fused-ring (bicyclic) bond motifs is 1. The molecule has 1 amide bonds. The SMILES string of the molecule is CN(C)CC(=O)N1CCC(Nc2cccc3c(CC(F)(F)F)c(C#CCNc4cc(F)c(N5CCOCC5)cc4OCC#N)sc23)CC1. The minimum atomic E-state index is -4.44. The number of rotatable bonds is 10. The number of nitrogens with zero attached hydrogens (tertiary/aromatic N) is 4. The minimum absolute atomic E-state index is 0.00478. The maximum atomic E-state index is 15.1. The van der Waals surface area contributed by atoms with Crippen LogP contribution in [0.4, 0.5) is 34.6 Å². The Morgan fingerprint density at radius 1 is 1.15 bits per heavy atom. The molecule has 2 aromatic carbocycles. The number of likely N-dealkylation sites (tertiary alicyclic amines) is 1. The molecule has 0 spiro atoms. The average Bonchev–Trinajstić information content (AvgIpc) is 3.39. The first-order valence-electron chi connectivity index (χ1n) is 15.7. The van der Waals surface area contributed by atoms with Crippen molar-refractivity contribution in [1.29, 1.82) is 5.26 Å². The van der Waals surface area contributed by atoms with E-state index >= 15 is 4.39 Å². The molecule has 0 aliphatic carbocycles. The van der Waals surface area contributed by atoms with Crippen molar-refractivity contribution in [2.75, 3.05) is 88.7 Å². The fourth-order valence-corrected chi connectivity index (χ4v) is 7.02. The Kier molecular flexibility index (Phi) is 11.5. The summed E-state index contributed by atoms with van der Waals surface area (Å²) in [5.41, 5.74) is 1.46. The van der Waals surface area contributed by atoms with E-state index in [1.807, 2.05) is 40.9 Å². The van der Waals surface area contributed by atoms with Gasteiger partial charge in [-0.2, -0.15) is 18.4 Å². The van der Waals surface area contributed by atoms with E-state index in [-0.39, 0.29) is 42.1 Å². The van der Waals surface area contributed by atoms with Gasteiger partial charge in [0.1, 0.15) is 17.6 Å². The highest BCUT2D eigenvalue weighted by Crippen LogP contribution is 2.40. The van der Waals surface area contributed by atoms with Gasteiger partial charge in [0.2, 0.25) is 5.91 Å². The van der Waals surface area contributed by atoms with Crippen LogP contribution >= 0.6 is 11.3 Å². The van der Waals surface area contributed by atoms with Crippen LogP contribution in [0.1, 0.15) is 23.3 Å². The molecular formula is C34H38F4N6O3S. The van der Waals surface area contributed by atoms with Gasteiger partial charge in [-0.3, -0.25) is 4.79 Å². The van der Waals surface area contributed by atoms with Crippen molar-refractivity contribution in [3.8, 4) is 23.7 Å². The van der Waals surface area contributed by atoms with Crippen LogP contribution < -0.4 is 20.3 Å². The zero-order valence-corrected chi connectivity index (χ0v) is 27.7. The number of thiophene rings is 1. The third-order valence-corrected chi connectivity index (χ3v) is 9.31. The Hall–Kier alpha value is -4.24. The average molecular weight is 687 g/mol. The molecule has 48 heavy (non-hydrogen) atoms. The van der Waals surface area contributed by atoms with Gasteiger partial charge in [-0.25, -0.2) is 4.39 Å². The molecule has 0 atom stereocenters. The second kappa shape index (κ2) is 15.8. The van der Waals surface area contributed by atoms with Crippen molar-refractivity contribution in [2.24, 2.45) is 0 Å². The summed E-state index contributed by atoms with van der Waals surface area (Å²) in [5, 5.41) is 16.1. The summed E-state index contributed by atoms with van der Waals surface area (Å²) in [7, 11) is 3.71. The van der Waals surface area contributed by atoms with Gasteiger partial charge in [-0.05, 0) is 44.0 Å². The summed E-state index contributed by atoms with van der Waals surface area (Å²) in [6.45, 7) is 3.27. The Balaban J connectivity index is 1.34. The van der Waals surface area contributed by atoms with E-state index in [2.05, 4.69) is 22.5 Å². The van der Waals surface area contributed by atoms with Crippen LogP contribution in [0, 0.1) is 29.0 Å². The number of morpholine rings is 1. The lowest BCUT2D eigenvalue weighted by Gasteiger charge is -2.33. The van der Waals surface area contributed by atoms with Gasteiger partial charge < -0.3 is 34.8 Å². The van der Waals surface area contributed by atoms with Crippen molar-refractivity contribution < 1.29 is 31.8 Å². The summed E-state index contributed by atoms with van der Waals surface area (Å²) >= 11 is 1.20. The number of anilines is 3. The summed E-state index contributed by atoms with van der Waals surface area (Å²) in [4.78, 5) is 18.3. The summed E-state index contributed by atoms with van der Waals surface area (Å²) in [6, 6.07) is 10.1. The van der Waals surface area contributed by atoms with Gasteiger partial charge in [-0.1, -0.05) is 24.0 Å². The quantitative estimate of drug-likeness (QED) is 0.219. The first-order chi connectivity index (χ1) is 23.0. The fraction of sp³-hybridized carbons (Fsp3) is 0.471. The normalized spacial score (nSPS) is 15.6. The highest BCUT2D eigenvalue weighted by Gasteiger charge is 2.31. The maximum absolute atomic E-state index is 15.1. The Morgan fingerprint density at radius 3 is 2.58 bits per heavy atom. The van der Waals surface area contributed by atoms with E-state index in [9.17, 15) is 18.0 Å². The summed E-state index contributed by atoms with van der Waals surface area (Å²) in [5.74, 6) is 5.68. The number of alkyl halides is 3. The Bertz CT molecular complexity index is 1700. The lowest BCUT2D eigenvalue weighted by Crippen LogP contribution is -2.45. The van der Waals surface area contributed by atoms with Crippen LogP contribution in [0.5, 0.6) is 5.75 Å². The predicted octanol–water partition coefficient (Wildman–Crippen LogP) is 5.31. The van der Waals surface area contributed by atoms with Gasteiger partial charge in [0, 0.05) is 44.4 Å². The predicted molar refractivity (Wildman–Crippen MR) is 179 cm³/mol. The van der Waals surface area contributed by atoms with E-state index < -0.39 is 18.4 Å². The number of nitrogens with one attached hydrogen (secondary N) is 2. The molecular weight excluding hydrogens is 648 g/mol. The van der Waals surface area contributed by atoms with Gasteiger partial charge in [0.15, 0.2) is 6.61 Å². The number of carbonyl (C=O) groups is 1. The Morgan fingerprint density at radius 2 is 1.90 bits per heavy atom. The van der Waals surface area contributed by atoms with E-state index in [0.717, 1.165) is 18.5 Å². The van der Waals surface area contributed by atoms with E-state index in [1.165, 1.54) is 23.5 Å². The molecule has 256 valence electrons. The van der Waals surface area contributed by atoms with Crippen molar-refractivity contribution >= 4 is 44.4 Å². The molecule has 14 heteroatoms. The van der Waals surface area contributed by atoms with Crippen LogP contribution in [0.2, 0.25) is 0 Å². The molecule has 0 saturated carbocycles. The smallest absolute Gasteiger partial charge is 0.393 e. The second-order valence-corrected chi connectivity index (χ2v) is 12.9. The molecule has 2 saturated heterocycles. The fourth-order valence-electron chi connectivity index (χ4n) is 5.85. The molecule has 3 aromatic rings. The topological polar surface area (TPSA) is 93.1 Å². The van der Waals surface area contributed by atoms with Crippen LogP contribution in [0.15, 0.2) is 30.3 Å². The third kappa shape index (κ3) is 9.01. The molecule has 5 rings (SSSR count). The molecule has 3 heterocycles. The van der Waals surface area contributed by atoms with E-state index in [0.29, 0.717) is 66.6 Å². The zero-order chi connectivity index (χ0) is 34.3. The Labute approximate surface area is 281 Å². The number of amides is 1. The molecule has 9 nitrogen and oxygen atoms in total. The molecule has 0 unspecified atom stereocenters. The second-order valence-electron chi connectivity index (χ2n) is 11.9. The summed E-state index contributed by atoms with van der Waals surface area (Å²) < 4.78 is 68.0. The largest absolute Gasteiger partial charge is 0.477 e.